The van der Waals surface area contributed by atoms with Gasteiger partial charge >= 0.3 is 6.03 Å². The van der Waals surface area contributed by atoms with Crippen molar-refractivity contribution in [1.29, 1.82) is 0 Å². The van der Waals surface area contributed by atoms with Crippen molar-refractivity contribution in [3.63, 3.8) is 0 Å². The van der Waals surface area contributed by atoms with Gasteiger partial charge in [0, 0.05) is 32.3 Å². The fourth-order valence-electron chi connectivity index (χ4n) is 2.61. The van der Waals surface area contributed by atoms with E-state index in [9.17, 15) is 9.59 Å². The van der Waals surface area contributed by atoms with Crippen LogP contribution < -0.4 is 10.6 Å². The molecule has 3 heterocycles. The van der Waals surface area contributed by atoms with Crippen molar-refractivity contribution in [2.75, 3.05) is 18.4 Å². The van der Waals surface area contributed by atoms with E-state index in [1.807, 2.05) is 0 Å². The molecular weight excluding hydrogens is 284 g/mol. The van der Waals surface area contributed by atoms with Crippen LogP contribution in [-0.4, -0.2) is 50.9 Å². The molecule has 3 rings (SSSR count). The van der Waals surface area contributed by atoms with E-state index in [-0.39, 0.29) is 18.0 Å². The molecule has 8 heteroatoms. The van der Waals surface area contributed by atoms with E-state index in [0.29, 0.717) is 23.5 Å². The van der Waals surface area contributed by atoms with Crippen molar-refractivity contribution >= 4 is 28.9 Å². The lowest BCUT2D eigenvalue weighted by atomic mass is 10.1. The maximum absolute atomic E-state index is 12.0. The number of H-pyrrole nitrogens is 1. The van der Waals surface area contributed by atoms with Gasteiger partial charge in [0.15, 0.2) is 11.5 Å². The van der Waals surface area contributed by atoms with Crippen molar-refractivity contribution in [2.45, 2.75) is 25.8 Å². The van der Waals surface area contributed by atoms with Gasteiger partial charge < -0.3 is 15.2 Å². The van der Waals surface area contributed by atoms with Gasteiger partial charge in [-0.15, -0.1) is 0 Å². The summed E-state index contributed by atoms with van der Waals surface area (Å²) < 4.78 is 0. The molecule has 22 heavy (non-hydrogen) atoms. The molecule has 8 nitrogen and oxygen atoms in total. The minimum atomic E-state index is -0.334. The fraction of sp³-hybridized carbons (Fsp3) is 0.429. The maximum Gasteiger partial charge on any atom is 0.320 e. The van der Waals surface area contributed by atoms with Crippen LogP contribution in [0.1, 0.15) is 19.8 Å². The van der Waals surface area contributed by atoms with Crippen LogP contribution in [0, 0.1) is 0 Å². The van der Waals surface area contributed by atoms with Crippen molar-refractivity contribution in [3.8, 4) is 0 Å². The summed E-state index contributed by atoms with van der Waals surface area (Å²) in [5, 5.41) is 5.55. The molecule has 0 spiro atoms. The van der Waals surface area contributed by atoms with Crippen molar-refractivity contribution in [2.24, 2.45) is 0 Å². The molecule has 1 aliphatic heterocycles. The lowest BCUT2D eigenvalue weighted by Crippen LogP contribution is -2.50. The number of carbonyl (C=O) groups is 2. The van der Waals surface area contributed by atoms with Crippen LogP contribution in [-0.2, 0) is 4.79 Å². The average Bonchev–Trinajstić information content (AvgIpc) is 2.95. The molecule has 1 fully saturated rings. The van der Waals surface area contributed by atoms with Gasteiger partial charge in [-0.1, -0.05) is 0 Å². The number of aromatic nitrogens is 3. The summed E-state index contributed by atoms with van der Waals surface area (Å²) in [6.07, 6.45) is 4.99. The van der Waals surface area contributed by atoms with Gasteiger partial charge in [0.2, 0.25) is 5.91 Å². The van der Waals surface area contributed by atoms with E-state index in [2.05, 4.69) is 25.6 Å². The van der Waals surface area contributed by atoms with Gasteiger partial charge in [0.05, 0.1) is 6.20 Å². The normalized spacial score (nSPS) is 18.2. The van der Waals surface area contributed by atoms with Crippen molar-refractivity contribution < 1.29 is 9.59 Å². The van der Waals surface area contributed by atoms with E-state index in [1.165, 1.54) is 6.20 Å². The number of amides is 3. The van der Waals surface area contributed by atoms with E-state index in [4.69, 9.17) is 0 Å². The molecule has 2 aromatic heterocycles. The molecule has 1 saturated heterocycles. The first kappa shape index (κ1) is 14.3. The highest BCUT2D eigenvalue weighted by Crippen LogP contribution is 2.12. The Balaban J connectivity index is 1.58. The number of nitrogens with one attached hydrogen (secondary N) is 3. The number of likely N-dealkylation sites (tertiary alicyclic amines) is 1. The molecule has 0 aliphatic carbocycles. The minimum Gasteiger partial charge on any atom is -0.345 e. The highest BCUT2D eigenvalue weighted by Gasteiger charge is 2.22. The first-order valence-corrected chi connectivity index (χ1v) is 7.25. The third-order valence-corrected chi connectivity index (χ3v) is 3.70. The second-order valence-corrected chi connectivity index (χ2v) is 5.37. The van der Waals surface area contributed by atoms with Gasteiger partial charge in [-0.2, -0.15) is 0 Å². The summed E-state index contributed by atoms with van der Waals surface area (Å²) >= 11 is 0. The van der Waals surface area contributed by atoms with Crippen LogP contribution in [0.3, 0.4) is 0 Å². The van der Waals surface area contributed by atoms with Crippen LogP contribution >= 0.6 is 0 Å². The number of anilines is 1. The Bertz CT molecular complexity index is 697. The molecule has 116 valence electrons. The number of urea groups is 1. The van der Waals surface area contributed by atoms with Crippen LogP contribution in [0.2, 0.25) is 0 Å². The quantitative estimate of drug-likeness (QED) is 0.772. The van der Waals surface area contributed by atoms with E-state index >= 15 is 0 Å². The Morgan fingerprint density at radius 3 is 3.14 bits per heavy atom. The number of rotatable bonds is 2. The van der Waals surface area contributed by atoms with Crippen molar-refractivity contribution in [1.82, 2.24) is 25.2 Å². The predicted octanol–water partition coefficient (Wildman–Crippen LogP) is 1.09. The third-order valence-electron chi connectivity index (χ3n) is 3.70. The molecule has 0 aromatic carbocycles. The predicted molar refractivity (Wildman–Crippen MR) is 81.3 cm³/mol. The highest BCUT2D eigenvalue weighted by atomic mass is 16.2. The molecule has 1 aliphatic rings. The summed E-state index contributed by atoms with van der Waals surface area (Å²) in [6.45, 7) is 2.85. The molecule has 0 saturated carbocycles. The number of aromatic amines is 1. The standard InChI is InChI=1S/C14H18N6O2/c1-9(21)20-6-2-3-10(8-20)17-14(22)19-12-7-16-13-11(18-12)4-5-15-13/h4-5,7,10H,2-3,6,8H2,1H3,(H,15,16)(H2,17,18,19,22)/t10-/m1/s1. The molecule has 0 radical (unpaired) electrons. The Kier molecular flexibility index (Phi) is 3.90. The van der Waals surface area contributed by atoms with Gasteiger partial charge in [-0.05, 0) is 18.9 Å². The largest absolute Gasteiger partial charge is 0.345 e. The number of hydrogen-bond acceptors (Lipinski definition) is 4. The van der Waals surface area contributed by atoms with Crippen LogP contribution in [0.25, 0.3) is 11.2 Å². The molecule has 3 amide bonds. The van der Waals surface area contributed by atoms with Crippen molar-refractivity contribution in [3.05, 3.63) is 18.5 Å². The van der Waals surface area contributed by atoms with Gasteiger partial charge in [-0.3, -0.25) is 10.1 Å². The van der Waals surface area contributed by atoms with E-state index in [0.717, 1.165) is 19.4 Å². The zero-order valence-electron chi connectivity index (χ0n) is 12.3. The first-order chi connectivity index (χ1) is 10.6. The van der Waals surface area contributed by atoms with Crippen LogP contribution in [0.15, 0.2) is 18.5 Å². The zero-order chi connectivity index (χ0) is 15.5. The van der Waals surface area contributed by atoms with Gasteiger partial charge in [0.25, 0.3) is 0 Å². The maximum atomic E-state index is 12.0. The molecule has 1 atom stereocenters. The minimum absolute atomic E-state index is 0.0377. The lowest BCUT2D eigenvalue weighted by Gasteiger charge is -2.32. The zero-order valence-corrected chi connectivity index (χ0v) is 12.3. The highest BCUT2D eigenvalue weighted by molar-refractivity contribution is 5.89. The summed E-state index contributed by atoms with van der Waals surface area (Å²) in [5.74, 6) is 0.430. The van der Waals surface area contributed by atoms with Crippen LogP contribution in [0.4, 0.5) is 10.6 Å². The average molecular weight is 302 g/mol. The SMILES string of the molecule is CC(=O)N1CCC[C@@H](NC(=O)Nc2cnc3[nH]ccc3n2)C1. The van der Waals surface area contributed by atoms with E-state index < -0.39 is 0 Å². The molecule has 0 bridgehead atoms. The summed E-state index contributed by atoms with van der Waals surface area (Å²) in [7, 11) is 0. The third kappa shape index (κ3) is 3.16. The van der Waals surface area contributed by atoms with E-state index in [1.54, 1.807) is 24.1 Å². The topological polar surface area (TPSA) is 103 Å². The van der Waals surface area contributed by atoms with Gasteiger partial charge in [0.1, 0.15) is 5.52 Å². The molecule has 3 N–H and O–H groups in total. The van der Waals surface area contributed by atoms with Gasteiger partial charge in [-0.25, -0.2) is 14.8 Å². The number of carbonyl (C=O) groups excluding carboxylic acids is 2. The van der Waals surface area contributed by atoms with Crippen LogP contribution in [0.5, 0.6) is 0 Å². The Hall–Kier alpha value is -2.64. The smallest absolute Gasteiger partial charge is 0.320 e. The molecular formula is C14H18N6O2. The summed E-state index contributed by atoms with van der Waals surface area (Å²) in [5.41, 5.74) is 1.37. The fourth-order valence-corrected chi connectivity index (χ4v) is 2.61. The summed E-state index contributed by atoms with van der Waals surface area (Å²) in [4.78, 5) is 36.6. The number of piperidine rings is 1. The summed E-state index contributed by atoms with van der Waals surface area (Å²) in [6, 6.07) is 1.42. The number of fused-ring (bicyclic) bond motifs is 1. The Labute approximate surface area is 127 Å². The molecule has 0 unspecified atom stereocenters. The second-order valence-electron chi connectivity index (χ2n) is 5.37. The second kappa shape index (κ2) is 6.00. The monoisotopic (exact) mass is 302 g/mol. The molecule has 2 aromatic rings. The Morgan fingerprint density at radius 2 is 2.32 bits per heavy atom. The first-order valence-electron chi connectivity index (χ1n) is 7.25. The number of nitrogens with zero attached hydrogens (tertiary/aromatic N) is 3. The lowest BCUT2D eigenvalue weighted by molar-refractivity contribution is -0.130. The number of hydrogen-bond donors (Lipinski definition) is 3. The Morgan fingerprint density at radius 1 is 1.45 bits per heavy atom.